The molecule has 0 unspecified atom stereocenters. The number of hydrogen-bond donors (Lipinski definition) is 3. The molecule has 3 rings (SSSR count). The number of nitrogen functional groups attached to an aromatic ring is 1. The third-order valence-corrected chi connectivity index (χ3v) is 4.21. The summed E-state index contributed by atoms with van der Waals surface area (Å²) in [5.41, 5.74) is 6.16. The van der Waals surface area contributed by atoms with Crippen molar-refractivity contribution in [1.29, 1.82) is 0 Å². The Balaban J connectivity index is 0.00000144. The van der Waals surface area contributed by atoms with E-state index in [1.54, 1.807) is 0 Å². The summed E-state index contributed by atoms with van der Waals surface area (Å²) in [5.74, 6) is 0.122. The van der Waals surface area contributed by atoms with Crippen LogP contribution in [0.2, 0.25) is 0 Å². The third-order valence-electron chi connectivity index (χ3n) is 3.40. The van der Waals surface area contributed by atoms with Gasteiger partial charge in [-0.1, -0.05) is 7.60 Å². The molecule has 4 N–H and O–H groups in total. The zero-order valence-electron chi connectivity index (χ0n) is 13.0. The average Bonchev–Trinajstić information content (AvgIpc) is 2.95. The Bertz CT molecular complexity index is 756. The Morgan fingerprint density at radius 2 is 1.92 bits per heavy atom. The van der Waals surface area contributed by atoms with E-state index in [4.69, 9.17) is 10.5 Å². The van der Waals surface area contributed by atoms with Crippen LogP contribution in [-0.2, 0) is 9.30 Å². The van der Waals surface area contributed by atoms with Gasteiger partial charge in [0.05, 0.1) is 12.4 Å². The zero-order valence-corrected chi connectivity index (χ0v) is 17.9. The van der Waals surface area contributed by atoms with E-state index < -0.39 is 38.3 Å². The summed E-state index contributed by atoms with van der Waals surface area (Å²) in [6, 6.07) is 0. The molecule has 24 heavy (non-hydrogen) atoms. The van der Waals surface area contributed by atoms with Crippen molar-refractivity contribution in [2.24, 2.45) is 0 Å². The van der Waals surface area contributed by atoms with E-state index in [-0.39, 0.29) is 76.1 Å². The number of nitrogens with two attached hydrogens (primary N) is 1. The van der Waals surface area contributed by atoms with Gasteiger partial charge in [-0.25, -0.2) is 15.0 Å². The van der Waals surface area contributed by atoms with Crippen LogP contribution in [0.1, 0.15) is 6.23 Å². The van der Waals surface area contributed by atoms with Gasteiger partial charge in [0.2, 0.25) is 0 Å². The Kier molecular flexibility index (Phi) is 7.83. The van der Waals surface area contributed by atoms with Gasteiger partial charge in [-0.15, -0.1) is 0 Å². The molecule has 2 aromatic heterocycles. The molecule has 0 aromatic carbocycles. The van der Waals surface area contributed by atoms with E-state index in [0.717, 1.165) is 0 Å². The second-order valence-corrected chi connectivity index (χ2v) is 6.51. The number of aliphatic hydroxyl groups is 2. The van der Waals surface area contributed by atoms with E-state index in [1.807, 2.05) is 0 Å². The number of ether oxygens (including phenoxy) is 1. The minimum Gasteiger partial charge on any atom is -0.811 e. The van der Waals surface area contributed by atoms with Crippen LogP contribution in [0.15, 0.2) is 12.7 Å². The summed E-state index contributed by atoms with van der Waals surface area (Å²) >= 11 is 0. The van der Waals surface area contributed by atoms with Crippen LogP contribution in [0.5, 0.6) is 0 Å². The SMILES string of the molecule is Nc1ncnc2c1ncn2[C@@H]1O[C@H](CP(=O)([O-])[O-])[C@@H](O)[C@H]1O.[Na+].[Na+]. The van der Waals surface area contributed by atoms with Crippen molar-refractivity contribution in [1.82, 2.24) is 19.5 Å². The number of aliphatic hydroxyl groups excluding tert-OH is 2. The molecule has 11 nitrogen and oxygen atoms in total. The van der Waals surface area contributed by atoms with Crippen molar-refractivity contribution in [3.8, 4) is 0 Å². The first-order valence-corrected chi connectivity index (χ1v) is 7.96. The minimum absolute atomic E-state index is 0. The van der Waals surface area contributed by atoms with Crippen LogP contribution < -0.4 is 74.6 Å². The summed E-state index contributed by atoms with van der Waals surface area (Å²) in [7, 11) is -4.90. The second kappa shape index (κ2) is 8.38. The number of imidazole rings is 1. The first kappa shape index (κ1) is 22.4. The van der Waals surface area contributed by atoms with Gasteiger partial charge < -0.3 is 35.0 Å². The number of hydrogen-bond acceptors (Lipinski definition) is 10. The molecule has 1 aliphatic rings. The third kappa shape index (κ3) is 4.37. The van der Waals surface area contributed by atoms with Gasteiger partial charge in [-0.05, 0) is 0 Å². The van der Waals surface area contributed by atoms with Gasteiger partial charge in [0, 0.05) is 6.16 Å². The molecule has 0 saturated carbocycles. The standard InChI is InChI=1S/C10H14N5O6P.2Na/c11-8-5-9(13-2-12-8)15(3-14-5)10-7(17)6(16)4(21-10)1-22(18,19)20;;/h2-4,6-7,10,16-17H,1H2,(H2,11,12,13)(H2,18,19,20);;/q;2*+1/p-2/t4-,6-,7-,10-;;/m1../s1. The summed E-state index contributed by atoms with van der Waals surface area (Å²) in [5, 5.41) is 19.9. The zero-order chi connectivity index (χ0) is 16.1. The van der Waals surface area contributed by atoms with Crippen molar-refractivity contribution in [3.63, 3.8) is 0 Å². The number of fused-ring (bicyclic) bond motifs is 1. The van der Waals surface area contributed by atoms with Gasteiger partial charge in [0.1, 0.15) is 24.1 Å². The predicted molar refractivity (Wildman–Crippen MR) is 68.1 cm³/mol. The maximum absolute atomic E-state index is 10.8. The molecule has 14 heteroatoms. The Hall–Kier alpha value is 0.380. The van der Waals surface area contributed by atoms with Crippen LogP contribution >= 0.6 is 7.60 Å². The van der Waals surface area contributed by atoms with E-state index in [2.05, 4.69) is 15.0 Å². The molecule has 0 bridgehead atoms. The number of anilines is 1. The van der Waals surface area contributed by atoms with Crippen molar-refractivity contribution in [2.45, 2.75) is 24.5 Å². The van der Waals surface area contributed by atoms with Crippen molar-refractivity contribution < 1.29 is 88.4 Å². The van der Waals surface area contributed by atoms with Gasteiger partial charge in [0.25, 0.3) is 0 Å². The van der Waals surface area contributed by atoms with Crippen LogP contribution in [-0.4, -0.2) is 54.2 Å². The Morgan fingerprint density at radius 1 is 1.25 bits per heavy atom. The van der Waals surface area contributed by atoms with Crippen LogP contribution in [0, 0.1) is 0 Å². The maximum atomic E-state index is 10.8. The Labute approximate surface area is 180 Å². The van der Waals surface area contributed by atoms with Crippen LogP contribution in [0.25, 0.3) is 11.2 Å². The van der Waals surface area contributed by atoms with E-state index >= 15 is 0 Å². The normalized spacial score (nSPS) is 26.8. The van der Waals surface area contributed by atoms with E-state index in [9.17, 15) is 24.6 Å². The first-order chi connectivity index (χ1) is 10.3. The fourth-order valence-corrected chi connectivity index (χ4v) is 3.13. The molecule has 1 saturated heterocycles. The molecule has 0 radical (unpaired) electrons. The monoisotopic (exact) mass is 375 g/mol. The van der Waals surface area contributed by atoms with Crippen LogP contribution in [0.3, 0.4) is 0 Å². The Morgan fingerprint density at radius 3 is 2.54 bits per heavy atom. The molecule has 4 atom stereocenters. The molecular formula is C10H12N5Na2O6P. The quantitative estimate of drug-likeness (QED) is 0.344. The summed E-state index contributed by atoms with van der Waals surface area (Å²) in [6.45, 7) is 0. The van der Waals surface area contributed by atoms with Crippen molar-refractivity contribution in [2.75, 3.05) is 11.9 Å². The minimum atomic E-state index is -4.90. The van der Waals surface area contributed by atoms with Gasteiger partial charge in [-0.2, -0.15) is 0 Å². The fraction of sp³-hybridized carbons (Fsp3) is 0.500. The fourth-order valence-electron chi connectivity index (χ4n) is 2.39. The topological polar surface area (TPSA) is 182 Å². The van der Waals surface area contributed by atoms with Gasteiger partial charge in [0.15, 0.2) is 17.7 Å². The second-order valence-electron chi connectivity index (χ2n) is 4.92. The van der Waals surface area contributed by atoms with Gasteiger partial charge in [-0.3, -0.25) is 4.57 Å². The summed E-state index contributed by atoms with van der Waals surface area (Å²) in [4.78, 5) is 33.4. The average molecular weight is 375 g/mol. The predicted octanol–water partition coefficient (Wildman–Crippen LogP) is -9.05. The molecule has 1 fully saturated rings. The van der Waals surface area contributed by atoms with Crippen molar-refractivity contribution in [3.05, 3.63) is 12.7 Å². The molecule has 120 valence electrons. The number of aromatic nitrogens is 4. The van der Waals surface area contributed by atoms with Gasteiger partial charge >= 0.3 is 59.1 Å². The van der Waals surface area contributed by atoms with Crippen LogP contribution in [0.4, 0.5) is 5.82 Å². The number of rotatable bonds is 3. The smallest absolute Gasteiger partial charge is 0.811 e. The molecular weight excluding hydrogens is 363 g/mol. The summed E-state index contributed by atoms with van der Waals surface area (Å²) < 4.78 is 17.4. The largest absolute Gasteiger partial charge is 1.00 e. The summed E-state index contributed by atoms with van der Waals surface area (Å²) in [6.07, 6.45) is -3.93. The molecule has 0 amide bonds. The van der Waals surface area contributed by atoms with E-state index in [0.29, 0.717) is 0 Å². The molecule has 0 aliphatic carbocycles. The van der Waals surface area contributed by atoms with Crippen molar-refractivity contribution >= 4 is 24.6 Å². The maximum Gasteiger partial charge on any atom is 1.00 e. The number of nitrogens with zero attached hydrogens (tertiary/aromatic N) is 4. The first-order valence-electron chi connectivity index (χ1n) is 6.23. The molecule has 1 aliphatic heterocycles. The molecule has 2 aromatic rings. The molecule has 3 heterocycles. The van der Waals surface area contributed by atoms with E-state index in [1.165, 1.54) is 17.2 Å². The molecule has 0 spiro atoms.